The van der Waals surface area contributed by atoms with Crippen LogP contribution in [0.15, 0.2) is 36.4 Å². The van der Waals surface area contributed by atoms with Crippen molar-refractivity contribution in [3.8, 4) is 11.5 Å². The number of hydrogen-bond acceptors (Lipinski definition) is 4. The summed E-state index contributed by atoms with van der Waals surface area (Å²) in [6.07, 6.45) is 0. The topological polar surface area (TPSA) is 89.8 Å². The zero-order valence-corrected chi connectivity index (χ0v) is 10.9. The zero-order valence-electron chi connectivity index (χ0n) is 10.9. The van der Waals surface area contributed by atoms with E-state index in [1.165, 1.54) is 12.1 Å². The van der Waals surface area contributed by atoms with Gasteiger partial charge in [-0.2, -0.15) is 0 Å². The Hall–Kier alpha value is -2.69. The maximum atomic E-state index is 11.0. The number of phenols is 2. The van der Waals surface area contributed by atoms with Gasteiger partial charge in [0.05, 0.1) is 5.56 Å². The van der Waals surface area contributed by atoms with Gasteiger partial charge in [-0.05, 0) is 42.3 Å². The molecule has 0 saturated heterocycles. The third-order valence-electron chi connectivity index (χ3n) is 3.09. The molecule has 0 amide bonds. The van der Waals surface area contributed by atoms with Gasteiger partial charge in [-0.25, -0.2) is 4.79 Å². The van der Waals surface area contributed by atoms with E-state index in [1.807, 2.05) is 0 Å². The first kappa shape index (κ1) is 13.7. The Morgan fingerprint density at radius 3 is 2.55 bits per heavy atom. The molecule has 0 atom stereocenters. The van der Waals surface area contributed by atoms with Gasteiger partial charge in [0, 0.05) is 12.2 Å². The summed E-state index contributed by atoms with van der Waals surface area (Å²) in [7, 11) is 0. The number of aromatic carboxylic acids is 1. The van der Waals surface area contributed by atoms with Crippen LogP contribution in [-0.4, -0.2) is 21.3 Å². The highest BCUT2D eigenvalue weighted by Gasteiger charge is 2.09. The number of phenolic OH excluding ortho intramolecular Hbond substituents is 2. The molecule has 2 aromatic carbocycles. The first-order valence-corrected chi connectivity index (χ1v) is 6.06. The van der Waals surface area contributed by atoms with E-state index in [4.69, 9.17) is 5.11 Å². The van der Waals surface area contributed by atoms with Crippen LogP contribution in [0.1, 0.15) is 21.5 Å². The van der Waals surface area contributed by atoms with Gasteiger partial charge in [0.25, 0.3) is 0 Å². The molecule has 0 aliphatic rings. The summed E-state index contributed by atoms with van der Waals surface area (Å²) in [6.45, 7) is 2.15. The predicted octanol–water partition coefficient (Wildman–Crippen LogP) is 2.72. The molecule has 5 nitrogen and oxygen atoms in total. The SMILES string of the molecule is Cc1c(NCc2ccc(O)c(O)c2)cccc1C(=O)O. The minimum absolute atomic E-state index is 0.169. The van der Waals surface area contributed by atoms with E-state index in [-0.39, 0.29) is 17.1 Å². The lowest BCUT2D eigenvalue weighted by molar-refractivity contribution is 0.0696. The van der Waals surface area contributed by atoms with Gasteiger partial charge >= 0.3 is 5.97 Å². The highest BCUT2D eigenvalue weighted by molar-refractivity contribution is 5.91. The quantitative estimate of drug-likeness (QED) is 0.643. The van der Waals surface area contributed by atoms with E-state index in [1.54, 1.807) is 31.2 Å². The lowest BCUT2D eigenvalue weighted by Crippen LogP contribution is -2.05. The fraction of sp³-hybridized carbons (Fsp3) is 0.133. The molecule has 5 heteroatoms. The average Bonchev–Trinajstić information content (AvgIpc) is 2.41. The lowest BCUT2D eigenvalue weighted by atomic mass is 10.1. The largest absolute Gasteiger partial charge is 0.504 e. The molecule has 0 radical (unpaired) electrons. The van der Waals surface area contributed by atoms with Crippen LogP contribution in [0.5, 0.6) is 11.5 Å². The van der Waals surface area contributed by atoms with Crippen LogP contribution in [0.3, 0.4) is 0 Å². The van der Waals surface area contributed by atoms with Crippen LogP contribution in [0.2, 0.25) is 0 Å². The molecular formula is C15H15NO4. The van der Waals surface area contributed by atoms with E-state index in [2.05, 4.69) is 5.32 Å². The molecule has 0 saturated carbocycles. The summed E-state index contributed by atoms with van der Waals surface area (Å²) in [6, 6.07) is 9.56. The van der Waals surface area contributed by atoms with Crippen molar-refractivity contribution >= 4 is 11.7 Å². The van der Waals surface area contributed by atoms with E-state index < -0.39 is 5.97 Å². The van der Waals surface area contributed by atoms with Crippen molar-refractivity contribution in [2.75, 3.05) is 5.32 Å². The zero-order chi connectivity index (χ0) is 14.7. The maximum absolute atomic E-state index is 11.0. The van der Waals surface area contributed by atoms with Crippen molar-refractivity contribution in [2.45, 2.75) is 13.5 Å². The number of benzene rings is 2. The fourth-order valence-electron chi connectivity index (χ4n) is 1.94. The Kier molecular flexibility index (Phi) is 3.79. The van der Waals surface area contributed by atoms with E-state index in [0.29, 0.717) is 12.1 Å². The van der Waals surface area contributed by atoms with Crippen molar-refractivity contribution in [2.24, 2.45) is 0 Å². The summed E-state index contributed by atoms with van der Waals surface area (Å²) >= 11 is 0. The number of carboxylic acid groups (broad SMARTS) is 1. The van der Waals surface area contributed by atoms with Crippen molar-refractivity contribution < 1.29 is 20.1 Å². The molecule has 0 aliphatic heterocycles. The monoisotopic (exact) mass is 273 g/mol. The van der Waals surface area contributed by atoms with Crippen molar-refractivity contribution in [3.05, 3.63) is 53.1 Å². The van der Waals surface area contributed by atoms with Crippen LogP contribution in [0.4, 0.5) is 5.69 Å². The smallest absolute Gasteiger partial charge is 0.336 e. The molecule has 0 unspecified atom stereocenters. The van der Waals surface area contributed by atoms with Crippen LogP contribution in [0.25, 0.3) is 0 Å². The first-order chi connectivity index (χ1) is 9.49. The minimum Gasteiger partial charge on any atom is -0.504 e. The Morgan fingerprint density at radius 2 is 1.90 bits per heavy atom. The normalized spacial score (nSPS) is 10.2. The molecule has 0 aliphatic carbocycles. The lowest BCUT2D eigenvalue weighted by Gasteiger charge is -2.12. The first-order valence-electron chi connectivity index (χ1n) is 6.06. The maximum Gasteiger partial charge on any atom is 0.336 e. The average molecular weight is 273 g/mol. The van der Waals surface area contributed by atoms with Crippen LogP contribution in [-0.2, 0) is 6.54 Å². The van der Waals surface area contributed by atoms with Gasteiger partial charge in [-0.3, -0.25) is 0 Å². The number of hydrogen-bond donors (Lipinski definition) is 4. The van der Waals surface area contributed by atoms with E-state index in [0.717, 1.165) is 11.3 Å². The highest BCUT2D eigenvalue weighted by Crippen LogP contribution is 2.26. The summed E-state index contributed by atoms with van der Waals surface area (Å²) in [4.78, 5) is 11.0. The van der Waals surface area contributed by atoms with Gasteiger partial charge in [0.1, 0.15) is 0 Å². The van der Waals surface area contributed by atoms with Crippen LogP contribution in [0, 0.1) is 6.92 Å². The Labute approximate surface area is 116 Å². The van der Waals surface area contributed by atoms with Crippen molar-refractivity contribution in [3.63, 3.8) is 0 Å². The molecule has 20 heavy (non-hydrogen) atoms. The number of anilines is 1. The minimum atomic E-state index is -0.964. The molecular weight excluding hydrogens is 258 g/mol. The molecule has 0 aromatic heterocycles. The van der Waals surface area contributed by atoms with Gasteiger partial charge < -0.3 is 20.6 Å². The highest BCUT2D eigenvalue weighted by atomic mass is 16.4. The second-order valence-corrected chi connectivity index (χ2v) is 4.46. The molecule has 0 bridgehead atoms. The Balaban J connectivity index is 2.17. The van der Waals surface area contributed by atoms with Gasteiger partial charge in [-0.1, -0.05) is 12.1 Å². The summed E-state index contributed by atoms with van der Waals surface area (Å²) in [5.74, 6) is -1.31. The summed E-state index contributed by atoms with van der Waals surface area (Å²) in [5, 5.41) is 30.8. The van der Waals surface area contributed by atoms with Crippen molar-refractivity contribution in [1.29, 1.82) is 0 Å². The number of carboxylic acids is 1. The van der Waals surface area contributed by atoms with Crippen molar-refractivity contribution in [1.82, 2.24) is 0 Å². The molecule has 104 valence electrons. The molecule has 2 rings (SSSR count). The van der Waals surface area contributed by atoms with Gasteiger partial charge in [0.2, 0.25) is 0 Å². The molecule has 2 aromatic rings. The third kappa shape index (κ3) is 2.83. The molecule has 0 spiro atoms. The summed E-state index contributed by atoms with van der Waals surface area (Å²) < 4.78 is 0. The second-order valence-electron chi connectivity index (χ2n) is 4.46. The number of rotatable bonds is 4. The predicted molar refractivity (Wildman–Crippen MR) is 75.2 cm³/mol. The standard InChI is InChI=1S/C15H15NO4/c1-9-11(15(19)20)3-2-4-12(9)16-8-10-5-6-13(17)14(18)7-10/h2-7,16-18H,8H2,1H3,(H,19,20). The Morgan fingerprint density at radius 1 is 1.15 bits per heavy atom. The van der Waals surface area contributed by atoms with Crippen LogP contribution < -0.4 is 5.32 Å². The number of aromatic hydroxyl groups is 2. The molecule has 0 fully saturated rings. The second kappa shape index (κ2) is 5.52. The van der Waals surface area contributed by atoms with Gasteiger partial charge in [-0.15, -0.1) is 0 Å². The summed E-state index contributed by atoms with van der Waals surface area (Å²) in [5.41, 5.74) is 2.41. The fourth-order valence-corrected chi connectivity index (χ4v) is 1.94. The van der Waals surface area contributed by atoms with Crippen LogP contribution >= 0.6 is 0 Å². The Bertz CT molecular complexity index is 652. The van der Waals surface area contributed by atoms with E-state index >= 15 is 0 Å². The number of carbonyl (C=O) groups is 1. The number of nitrogens with one attached hydrogen (secondary N) is 1. The van der Waals surface area contributed by atoms with E-state index in [9.17, 15) is 15.0 Å². The molecule has 0 heterocycles. The van der Waals surface area contributed by atoms with Gasteiger partial charge in [0.15, 0.2) is 11.5 Å². The molecule has 4 N–H and O–H groups in total. The third-order valence-corrected chi connectivity index (χ3v) is 3.09.